The number of rotatable bonds is 4. The van der Waals surface area contributed by atoms with E-state index in [4.69, 9.17) is 4.52 Å². The van der Waals surface area contributed by atoms with Crippen molar-refractivity contribution in [1.82, 2.24) is 15.0 Å². The second-order valence-corrected chi connectivity index (χ2v) is 7.16. The highest BCUT2D eigenvalue weighted by atomic mass is 19.4. The third kappa shape index (κ3) is 4.01. The van der Waals surface area contributed by atoms with Crippen molar-refractivity contribution in [3.63, 3.8) is 0 Å². The van der Waals surface area contributed by atoms with Gasteiger partial charge in [0.25, 0.3) is 0 Å². The first-order valence-electron chi connectivity index (χ1n) is 9.15. The van der Waals surface area contributed by atoms with Crippen LogP contribution in [-0.4, -0.2) is 27.5 Å². The highest BCUT2D eigenvalue weighted by molar-refractivity contribution is 5.79. The summed E-state index contributed by atoms with van der Waals surface area (Å²) < 4.78 is 45.0. The fraction of sp³-hybridized carbons (Fsp3) is 0.286. The minimum absolute atomic E-state index is 0.0694. The molecule has 2 heterocycles. The lowest BCUT2D eigenvalue weighted by atomic mass is 10.1. The predicted molar refractivity (Wildman–Crippen MR) is 98.7 cm³/mol. The number of carbonyl (C=O) groups excluding carboxylic acids is 1. The number of hydrogen-bond donors (Lipinski definition) is 0. The fourth-order valence-corrected chi connectivity index (χ4v) is 3.53. The minimum Gasteiger partial charge on any atom is -0.339 e. The van der Waals surface area contributed by atoms with Gasteiger partial charge in [-0.1, -0.05) is 47.1 Å². The van der Waals surface area contributed by atoms with Crippen molar-refractivity contribution >= 4 is 5.91 Å². The maximum atomic E-state index is 13.2. The number of carbonyl (C=O) groups is 1. The van der Waals surface area contributed by atoms with Crippen LogP contribution < -0.4 is 0 Å². The quantitative estimate of drug-likeness (QED) is 0.642. The fourth-order valence-electron chi connectivity index (χ4n) is 3.53. The molecule has 29 heavy (non-hydrogen) atoms. The van der Waals surface area contributed by atoms with Crippen LogP contribution in [0.15, 0.2) is 53.1 Å². The zero-order chi connectivity index (χ0) is 20.6. The average Bonchev–Trinajstić information content (AvgIpc) is 3.29. The summed E-state index contributed by atoms with van der Waals surface area (Å²) >= 11 is 0. The molecular weight excluding hydrogens is 383 g/mol. The molecule has 1 aromatic heterocycles. The Hall–Kier alpha value is -3.16. The molecule has 1 aliphatic rings. The molecule has 3 aromatic rings. The molecule has 1 amide bonds. The number of benzene rings is 2. The van der Waals surface area contributed by atoms with Crippen LogP contribution in [0.2, 0.25) is 0 Å². The van der Waals surface area contributed by atoms with Gasteiger partial charge in [0.05, 0.1) is 11.5 Å². The van der Waals surface area contributed by atoms with Crippen molar-refractivity contribution in [3.8, 4) is 11.4 Å². The largest absolute Gasteiger partial charge is 0.416 e. The number of aromatic nitrogens is 2. The lowest BCUT2D eigenvalue weighted by Crippen LogP contribution is -2.26. The number of hydrogen-bond acceptors (Lipinski definition) is 4. The number of likely N-dealkylation sites (tertiary alicyclic amines) is 1. The van der Waals surface area contributed by atoms with Crippen molar-refractivity contribution in [1.29, 1.82) is 0 Å². The molecule has 4 rings (SSSR count). The molecule has 5 nitrogen and oxygen atoms in total. The van der Waals surface area contributed by atoms with Crippen molar-refractivity contribution in [2.75, 3.05) is 6.54 Å². The summed E-state index contributed by atoms with van der Waals surface area (Å²) in [5, 5.41) is 3.99. The van der Waals surface area contributed by atoms with Crippen LogP contribution in [0.25, 0.3) is 11.4 Å². The van der Waals surface area contributed by atoms with Gasteiger partial charge in [0.15, 0.2) is 0 Å². The van der Waals surface area contributed by atoms with Crippen molar-refractivity contribution in [3.05, 3.63) is 71.1 Å². The van der Waals surface area contributed by atoms with Crippen molar-refractivity contribution in [2.45, 2.75) is 32.0 Å². The Balaban J connectivity index is 1.51. The second kappa shape index (κ2) is 7.35. The summed E-state index contributed by atoms with van der Waals surface area (Å²) in [7, 11) is 0. The maximum absolute atomic E-state index is 13.2. The maximum Gasteiger partial charge on any atom is 0.416 e. The van der Waals surface area contributed by atoms with Gasteiger partial charge in [0.1, 0.15) is 0 Å². The molecule has 2 aromatic carbocycles. The predicted octanol–water partition coefficient (Wildman–Crippen LogP) is 4.58. The Kier molecular flexibility index (Phi) is 4.86. The third-order valence-electron chi connectivity index (χ3n) is 4.97. The molecule has 0 bridgehead atoms. The van der Waals surface area contributed by atoms with E-state index in [0.29, 0.717) is 11.7 Å². The summed E-state index contributed by atoms with van der Waals surface area (Å²) in [6.07, 6.45) is -4.34. The van der Waals surface area contributed by atoms with Crippen LogP contribution in [0.4, 0.5) is 13.2 Å². The average molecular weight is 401 g/mol. The minimum atomic E-state index is -4.46. The molecule has 1 atom stereocenters. The number of alkyl halides is 3. The first-order chi connectivity index (χ1) is 13.8. The van der Waals surface area contributed by atoms with E-state index in [1.54, 1.807) is 0 Å². The van der Waals surface area contributed by atoms with E-state index < -0.39 is 11.7 Å². The third-order valence-corrected chi connectivity index (χ3v) is 4.97. The van der Waals surface area contributed by atoms with E-state index in [1.165, 1.54) is 23.1 Å². The molecule has 1 unspecified atom stereocenters. The zero-order valence-corrected chi connectivity index (χ0v) is 15.6. The molecule has 1 fully saturated rings. The van der Waals surface area contributed by atoms with E-state index in [-0.39, 0.29) is 36.9 Å². The SMILES string of the molecule is Cc1cccc(-c2noc(C3CC(=O)N(Cc4ccccc4C(F)(F)F)C3)n2)c1. The molecular formula is C21H18F3N3O2. The Morgan fingerprint density at radius 3 is 2.72 bits per heavy atom. The van der Waals surface area contributed by atoms with Gasteiger partial charge in [-0.2, -0.15) is 18.2 Å². The van der Waals surface area contributed by atoms with Crippen LogP contribution in [0, 0.1) is 6.92 Å². The van der Waals surface area contributed by atoms with Gasteiger partial charge in [-0.3, -0.25) is 4.79 Å². The Labute approximate surface area is 165 Å². The van der Waals surface area contributed by atoms with E-state index in [9.17, 15) is 18.0 Å². The summed E-state index contributed by atoms with van der Waals surface area (Å²) in [4.78, 5) is 18.2. The molecule has 0 saturated carbocycles. The van der Waals surface area contributed by atoms with Crippen molar-refractivity contribution in [2.24, 2.45) is 0 Å². The van der Waals surface area contributed by atoms with E-state index in [2.05, 4.69) is 10.1 Å². The van der Waals surface area contributed by atoms with Gasteiger partial charge in [0, 0.05) is 25.1 Å². The molecule has 0 N–H and O–H groups in total. The monoisotopic (exact) mass is 401 g/mol. The molecule has 8 heteroatoms. The number of halogens is 3. The molecule has 1 aliphatic heterocycles. The van der Waals surface area contributed by atoms with Crippen LogP contribution in [0.3, 0.4) is 0 Å². The Morgan fingerprint density at radius 1 is 1.17 bits per heavy atom. The summed E-state index contributed by atoms with van der Waals surface area (Å²) in [6, 6.07) is 12.9. The lowest BCUT2D eigenvalue weighted by Gasteiger charge is -2.19. The first-order valence-corrected chi connectivity index (χ1v) is 9.15. The lowest BCUT2D eigenvalue weighted by molar-refractivity contribution is -0.139. The van der Waals surface area contributed by atoms with Gasteiger partial charge in [-0.25, -0.2) is 0 Å². The molecule has 1 saturated heterocycles. The summed E-state index contributed by atoms with van der Waals surface area (Å²) in [5.41, 5.74) is 1.20. The summed E-state index contributed by atoms with van der Waals surface area (Å²) in [5.74, 6) is 0.173. The van der Waals surface area contributed by atoms with E-state index in [0.717, 1.165) is 17.2 Å². The van der Waals surface area contributed by atoms with Crippen LogP contribution in [0.5, 0.6) is 0 Å². The van der Waals surface area contributed by atoms with Crippen LogP contribution in [0.1, 0.15) is 34.9 Å². The second-order valence-electron chi connectivity index (χ2n) is 7.16. The standard InChI is InChI=1S/C21H18F3N3O2/c1-13-5-4-7-14(9-13)19-25-20(29-26-19)16-10-18(28)27(12-16)11-15-6-2-3-8-17(15)21(22,23)24/h2-9,16H,10-12H2,1H3. The number of amides is 1. The van der Waals surface area contributed by atoms with Gasteiger partial charge >= 0.3 is 6.18 Å². The molecule has 0 radical (unpaired) electrons. The van der Waals surface area contributed by atoms with Gasteiger partial charge in [-0.15, -0.1) is 0 Å². The van der Waals surface area contributed by atoms with Gasteiger partial charge in [0.2, 0.25) is 17.6 Å². The number of nitrogens with zero attached hydrogens (tertiary/aromatic N) is 3. The molecule has 150 valence electrons. The number of aryl methyl sites for hydroxylation is 1. The Bertz CT molecular complexity index is 1050. The highest BCUT2D eigenvalue weighted by Crippen LogP contribution is 2.34. The van der Waals surface area contributed by atoms with Crippen LogP contribution in [-0.2, 0) is 17.5 Å². The first kappa shape index (κ1) is 19.2. The summed E-state index contributed by atoms with van der Waals surface area (Å²) in [6.45, 7) is 2.08. The van der Waals surface area contributed by atoms with Crippen molar-refractivity contribution < 1.29 is 22.5 Å². The molecule has 0 spiro atoms. The Morgan fingerprint density at radius 2 is 1.97 bits per heavy atom. The van der Waals surface area contributed by atoms with E-state index in [1.807, 2.05) is 31.2 Å². The van der Waals surface area contributed by atoms with Gasteiger partial charge < -0.3 is 9.42 Å². The van der Waals surface area contributed by atoms with E-state index >= 15 is 0 Å². The zero-order valence-electron chi connectivity index (χ0n) is 15.6. The smallest absolute Gasteiger partial charge is 0.339 e. The normalized spacial score (nSPS) is 17.2. The molecule has 0 aliphatic carbocycles. The van der Waals surface area contributed by atoms with Crippen LogP contribution >= 0.6 is 0 Å². The highest BCUT2D eigenvalue weighted by Gasteiger charge is 2.37. The topological polar surface area (TPSA) is 59.2 Å². The van der Waals surface area contributed by atoms with Gasteiger partial charge in [-0.05, 0) is 24.6 Å².